The van der Waals surface area contributed by atoms with E-state index in [1.807, 2.05) is 0 Å². The predicted molar refractivity (Wildman–Crippen MR) is 83.3 cm³/mol. The van der Waals surface area contributed by atoms with Crippen LogP contribution in [0.5, 0.6) is 5.75 Å². The quantitative estimate of drug-likeness (QED) is 0.774. The predicted octanol–water partition coefficient (Wildman–Crippen LogP) is 4.63. The molecule has 0 bridgehead atoms. The molecule has 1 N–H and O–H groups in total. The van der Waals surface area contributed by atoms with Crippen LogP contribution in [0.3, 0.4) is 0 Å². The van der Waals surface area contributed by atoms with Crippen molar-refractivity contribution in [1.29, 1.82) is 0 Å². The Labute approximate surface area is 149 Å². The molecule has 0 spiro atoms. The number of carbonyl (C=O) groups excluding carboxylic acids is 1. The number of nitrogens with zero attached hydrogens (tertiary/aromatic N) is 1. The lowest BCUT2D eigenvalue weighted by atomic mass is 9.92. The van der Waals surface area contributed by atoms with Gasteiger partial charge in [0.15, 0.2) is 0 Å². The second-order valence-corrected chi connectivity index (χ2v) is 5.49. The highest BCUT2D eigenvalue weighted by Gasteiger charge is 2.71. The van der Waals surface area contributed by atoms with Crippen LogP contribution in [0.2, 0.25) is 0 Å². The molecule has 0 aliphatic heterocycles. The highest BCUT2D eigenvalue weighted by atomic mass is 19.4. The van der Waals surface area contributed by atoms with Gasteiger partial charge in [-0.15, -0.1) is 0 Å². The number of rotatable bonds is 3. The number of carbonyl (C=O) groups is 1. The molecule has 4 nitrogen and oxygen atoms in total. The van der Waals surface area contributed by atoms with Gasteiger partial charge in [0.2, 0.25) is 0 Å². The van der Waals surface area contributed by atoms with E-state index in [2.05, 4.69) is 0 Å². The van der Waals surface area contributed by atoms with Gasteiger partial charge in [0.1, 0.15) is 5.75 Å². The number of benzene rings is 2. The molecule has 0 saturated carbocycles. The lowest BCUT2D eigenvalue weighted by Crippen LogP contribution is -2.53. The third-order valence-electron chi connectivity index (χ3n) is 3.72. The zero-order valence-corrected chi connectivity index (χ0v) is 13.7. The first kappa shape index (κ1) is 20.6. The van der Waals surface area contributed by atoms with Crippen molar-refractivity contribution >= 4 is 11.8 Å². The molecular weight excluding hydrogens is 380 g/mol. The van der Waals surface area contributed by atoms with Crippen LogP contribution in [0.15, 0.2) is 54.6 Å². The molecule has 1 amide bonds. The van der Waals surface area contributed by atoms with Crippen LogP contribution >= 0.6 is 0 Å². The minimum Gasteiger partial charge on any atom is -0.410 e. The van der Waals surface area contributed by atoms with Crippen LogP contribution in [0, 0.1) is 0 Å². The van der Waals surface area contributed by atoms with Crippen molar-refractivity contribution in [3.05, 3.63) is 60.2 Å². The molecule has 0 aliphatic rings. The van der Waals surface area contributed by atoms with Crippen molar-refractivity contribution in [2.75, 3.05) is 11.9 Å². The maximum Gasteiger partial charge on any atom is 0.430 e. The SMILES string of the molecule is CN(C(=O)Oc1ccccc1)c1ccc(C(O)(C(F)(F)F)C(F)(F)F)cc1. The van der Waals surface area contributed by atoms with Gasteiger partial charge in [-0.3, -0.25) is 4.90 Å². The van der Waals surface area contributed by atoms with E-state index in [1.54, 1.807) is 18.2 Å². The van der Waals surface area contributed by atoms with Gasteiger partial charge >= 0.3 is 18.4 Å². The Morgan fingerprint density at radius 1 is 0.889 bits per heavy atom. The fourth-order valence-electron chi connectivity index (χ4n) is 2.18. The third-order valence-corrected chi connectivity index (χ3v) is 3.72. The van der Waals surface area contributed by atoms with Crippen LogP contribution < -0.4 is 9.64 Å². The maximum atomic E-state index is 12.9. The number of para-hydroxylation sites is 1. The molecule has 0 saturated heterocycles. The fourth-order valence-corrected chi connectivity index (χ4v) is 2.18. The Kier molecular flexibility index (Phi) is 5.41. The zero-order valence-electron chi connectivity index (χ0n) is 13.7. The molecular formula is C17H13F6NO3. The van der Waals surface area contributed by atoms with E-state index in [0.29, 0.717) is 12.1 Å². The van der Waals surface area contributed by atoms with Gasteiger partial charge in [0.25, 0.3) is 5.60 Å². The molecule has 0 atom stereocenters. The Balaban J connectivity index is 2.27. The second-order valence-electron chi connectivity index (χ2n) is 5.49. The van der Waals surface area contributed by atoms with Gasteiger partial charge in [-0.1, -0.05) is 30.3 Å². The Morgan fingerprint density at radius 2 is 1.37 bits per heavy atom. The average Bonchev–Trinajstić information content (AvgIpc) is 2.59. The van der Waals surface area contributed by atoms with E-state index in [4.69, 9.17) is 4.74 Å². The Bertz CT molecular complexity index is 773. The van der Waals surface area contributed by atoms with E-state index in [1.165, 1.54) is 19.2 Å². The summed E-state index contributed by atoms with van der Waals surface area (Å²) in [5.74, 6) is 0.203. The number of alkyl halides is 6. The molecule has 0 aliphatic carbocycles. The van der Waals surface area contributed by atoms with Crippen LogP contribution in [-0.4, -0.2) is 30.6 Å². The molecule has 2 aromatic rings. The standard InChI is InChI=1S/C17H13F6NO3/c1-24(14(25)27-13-5-3-2-4-6-13)12-9-7-11(8-10-12)15(26,16(18,19)20)17(21,22)23/h2-10,26H,1H3. The summed E-state index contributed by atoms with van der Waals surface area (Å²) in [6, 6.07) is 10.4. The van der Waals surface area contributed by atoms with Crippen LogP contribution in [0.4, 0.5) is 36.8 Å². The summed E-state index contributed by atoms with van der Waals surface area (Å²) in [7, 11) is 1.22. The molecule has 2 rings (SSSR count). The third kappa shape index (κ3) is 4.00. The smallest absolute Gasteiger partial charge is 0.410 e. The van der Waals surface area contributed by atoms with Gasteiger partial charge in [-0.2, -0.15) is 26.3 Å². The van der Waals surface area contributed by atoms with Crippen LogP contribution in [0.25, 0.3) is 0 Å². The normalized spacial score (nSPS) is 12.6. The molecule has 146 valence electrons. The van der Waals surface area contributed by atoms with Gasteiger partial charge in [-0.25, -0.2) is 4.79 Å². The summed E-state index contributed by atoms with van der Waals surface area (Å²) in [6.07, 6.45) is -12.9. The van der Waals surface area contributed by atoms with Gasteiger partial charge in [0.05, 0.1) is 0 Å². The molecule has 0 heterocycles. The molecule has 0 fully saturated rings. The summed E-state index contributed by atoms with van der Waals surface area (Å²) >= 11 is 0. The van der Waals surface area contributed by atoms with Gasteiger partial charge in [0, 0.05) is 18.3 Å². The molecule has 0 radical (unpaired) electrons. The number of hydrogen-bond donors (Lipinski definition) is 1. The summed E-state index contributed by atoms with van der Waals surface area (Å²) in [5.41, 5.74) is -6.48. The largest absolute Gasteiger partial charge is 0.430 e. The molecule has 10 heteroatoms. The van der Waals surface area contributed by atoms with E-state index in [0.717, 1.165) is 17.0 Å². The number of aliphatic hydroxyl groups is 1. The lowest BCUT2D eigenvalue weighted by molar-refractivity contribution is -0.376. The Hall–Kier alpha value is -2.75. The van der Waals surface area contributed by atoms with Crippen LogP contribution in [0.1, 0.15) is 5.56 Å². The number of ether oxygens (including phenoxy) is 1. The van der Waals surface area contributed by atoms with Crippen molar-refractivity contribution in [3.63, 3.8) is 0 Å². The molecule has 27 heavy (non-hydrogen) atoms. The van der Waals surface area contributed by atoms with E-state index >= 15 is 0 Å². The first-order chi connectivity index (χ1) is 12.4. The highest BCUT2D eigenvalue weighted by Crippen LogP contribution is 2.50. The topological polar surface area (TPSA) is 49.8 Å². The van der Waals surface area contributed by atoms with Crippen molar-refractivity contribution in [2.24, 2.45) is 0 Å². The van der Waals surface area contributed by atoms with E-state index in [9.17, 15) is 36.2 Å². The number of halogens is 6. The average molecular weight is 393 g/mol. The summed E-state index contributed by atoms with van der Waals surface area (Å²) < 4.78 is 82.2. The van der Waals surface area contributed by atoms with Crippen LogP contribution in [-0.2, 0) is 5.60 Å². The highest BCUT2D eigenvalue weighted by molar-refractivity contribution is 5.88. The minimum absolute atomic E-state index is 0.0358. The van der Waals surface area contributed by atoms with Gasteiger partial charge < -0.3 is 9.84 Å². The van der Waals surface area contributed by atoms with Crippen molar-refractivity contribution in [3.8, 4) is 5.75 Å². The first-order valence-corrected chi connectivity index (χ1v) is 7.35. The number of anilines is 1. The monoisotopic (exact) mass is 393 g/mol. The fraction of sp³-hybridized carbons (Fsp3) is 0.235. The number of hydrogen-bond acceptors (Lipinski definition) is 3. The van der Waals surface area contributed by atoms with Crippen molar-refractivity contribution in [1.82, 2.24) is 0 Å². The summed E-state index contributed by atoms with van der Waals surface area (Å²) in [5, 5.41) is 9.33. The number of amides is 1. The lowest BCUT2D eigenvalue weighted by Gasteiger charge is -2.32. The first-order valence-electron chi connectivity index (χ1n) is 7.35. The molecule has 0 aromatic heterocycles. The second kappa shape index (κ2) is 7.10. The Morgan fingerprint density at radius 3 is 1.81 bits per heavy atom. The maximum absolute atomic E-state index is 12.9. The summed E-state index contributed by atoms with van der Waals surface area (Å²) in [6.45, 7) is 0. The zero-order chi connectivity index (χ0) is 20.5. The summed E-state index contributed by atoms with van der Waals surface area (Å²) in [4.78, 5) is 12.9. The molecule has 0 unspecified atom stereocenters. The van der Waals surface area contributed by atoms with E-state index in [-0.39, 0.29) is 11.4 Å². The van der Waals surface area contributed by atoms with Gasteiger partial charge in [-0.05, 0) is 24.3 Å². The van der Waals surface area contributed by atoms with E-state index < -0.39 is 29.6 Å². The van der Waals surface area contributed by atoms with Crippen molar-refractivity contribution in [2.45, 2.75) is 18.0 Å². The molecule has 2 aromatic carbocycles. The van der Waals surface area contributed by atoms with Crippen molar-refractivity contribution < 1.29 is 41.0 Å². The minimum atomic E-state index is -5.98.